The molecule has 0 aromatic carbocycles. The highest BCUT2D eigenvalue weighted by Crippen LogP contribution is 2.35. The van der Waals surface area contributed by atoms with Crippen molar-refractivity contribution in [2.45, 2.75) is 120 Å². The summed E-state index contributed by atoms with van der Waals surface area (Å²) in [6, 6.07) is 0. The summed E-state index contributed by atoms with van der Waals surface area (Å²) in [7, 11) is 0. The summed E-state index contributed by atoms with van der Waals surface area (Å²) in [4.78, 5) is 0. The van der Waals surface area contributed by atoms with Gasteiger partial charge in [0, 0.05) is 6.61 Å². The summed E-state index contributed by atoms with van der Waals surface area (Å²) in [5.74, 6) is 0. The predicted molar refractivity (Wildman–Crippen MR) is 111 cm³/mol. The van der Waals surface area contributed by atoms with Crippen LogP contribution in [0.25, 0.3) is 0 Å². The maximum Gasteiger partial charge on any atom is 0.216 e. The van der Waals surface area contributed by atoms with Gasteiger partial charge in [-0.25, -0.2) is 0 Å². The van der Waals surface area contributed by atoms with Crippen LogP contribution in [0, 0.1) is 0 Å². The van der Waals surface area contributed by atoms with Gasteiger partial charge in [-0.15, -0.1) is 0 Å². The summed E-state index contributed by atoms with van der Waals surface area (Å²) in [6.45, 7) is 5.20. The first-order chi connectivity index (χ1) is 11.5. The minimum Gasteiger partial charge on any atom is -0.374 e. The molecular formula is C20H39Cl3O. The molecule has 1 atom stereocenters. The lowest BCUT2D eigenvalue weighted by molar-refractivity contribution is 0.0456. The van der Waals surface area contributed by atoms with Crippen LogP contribution < -0.4 is 0 Å². The fourth-order valence-electron chi connectivity index (χ4n) is 2.91. The Morgan fingerprint density at radius 1 is 0.625 bits per heavy atom. The Morgan fingerprint density at radius 2 is 1.04 bits per heavy atom. The van der Waals surface area contributed by atoms with Crippen molar-refractivity contribution in [3.05, 3.63) is 0 Å². The molecule has 1 nitrogen and oxygen atoms in total. The van der Waals surface area contributed by atoms with Crippen molar-refractivity contribution < 1.29 is 4.74 Å². The topological polar surface area (TPSA) is 9.23 Å². The molecule has 0 fully saturated rings. The van der Waals surface area contributed by atoms with E-state index in [1.54, 1.807) is 0 Å². The normalized spacial score (nSPS) is 13.4. The Kier molecular flexibility index (Phi) is 17.9. The van der Waals surface area contributed by atoms with Crippen molar-refractivity contribution in [1.29, 1.82) is 0 Å². The lowest BCUT2D eigenvalue weighted by atomic mass is 10.1. The van der Waals surface area contributed by atoms with E-state index in [2.05, 4.69) is 13.8 Å². The number of unbranched alkanes of at least 4 members (excludes halogenated alkanes) is 12. The van der Waals surface area contributed by atoms with Gasteiger partial charge in [0.2, 0.25) is 3.79 Å². The quantitative estimate of drug-likeness (QED) is 0.175. The van der Waals surface area contributed by atoms with Crippen molar-refractivity contribution in [2.75, 3.05) is 6.61 Å². The van der Waals surface area contributed by atoms with Gasteiger partial charge in [0.25, 0.3) is 0 Å². The Balaban J connectivity index is 3.66. The summed E-state index contributed by atoms with van der Waals surface area (Å²) >= 11 is 18.2. The molecule has 0 aromatic rings. The highest BCUT2D eigenvalue weighted by molar-refractivity contribution is 6.68. The average molecular weight is 402 g/mol. The maximum atomic E-state index is 6.08. The molecule has 0 spiro atoms. The largest absolute Gasteiger partial charge is 0.374 e. The van der Waals surface area contributed by atoms with Crippen LogP contribution >= 0.6 is 34.8 Å². The van der Waals surface area contributed by atoms with E-state index < -0.39 is 3.79 Å². The van der Waals surface area contributed by atoms with Crippen LogP contribution in [0.4, 0.5) is 0 Å². The predicted octanol–water partition coefficient (Wildman–Crippen LogP) is 8.63. The molecular weight excluding hydrogens is 363 g/mol. The van der Waals surface area contributed by atoms with Crippen LogP contribution in [-0.4, -0.2) is 16.5 Å². The zero-order valence-electron chi connectivity index (χ0n) is 15.9. The van der Waals surface area contributed by atoms with Crippen molar-refractivity contribution >= 4 is 34.8 Å². The standard InChI is InChI=1S/C20H39Cl3O/c1-3-5-7-9-11-12-14-16-18-24-19(20(21,22)23)17-15-13-10-8-6-4-2/h19H,3-18H2,1-2H3. The lowest BCUT2D eigenvalue weighted by Gasteiger charge is -2.24. The van der Waals surface area contributed by atoms with Crippen molar-refractivity contribution in [3.63, 3.8) is 0 Å². The minimum atomic E-state index is -1.30. The molecule has 1 unspecified atom stereocenters. The molecule has 146 valence electrons. The molecule has 0 aliphatic heterocycles. The van der Waals surface area contributed by atoms with Gasteiger partial charge >= 0.3 is 0 Å². The van der Waals surface area contributed by atoms with E-state index in [0.717, 1.165) is 19.3 Å². The first-order valence-corrected chi connectivity index (χ1v) is 11.3. The second-order valence-corrected chi connectivity index (χ2v) is 9.30. The van der Waals surface area contributed by atoms with Gasteiger partial charge in [-0.1, -0.05) is 132 Å². The molecule has 0 aliphatic rings. The maximum absolute atomic E-state index is 6.08. The molecule has 0 aliphatic carbocycles. The summed E-state index contributed by atoms with van der Waals surface area (Å²) < 4.78 is 4.58. The molecule has 0 saturated heterocycles. The molecule has 0 radical (unpaired) electrons. The van der Waals surface area contributed by atoms with E-state index in [4.69, 9.17) is 39.5 Å². The average Bonchev–Trinajstić information content (AvgIpc) is 2.53. The number of hydrogen-bond donors (Lipinski definition) is 0. The monoisotopic (exact) mass is 400 g/mol. The van der Waals surface area contributed by atoms with E-state index in [9.17, 15) is 0 Å². The van der Waals surface area contributed by atoms with Crippen LogP contribution in [0.2, 0.25) is 0 Å². The Bertz CT molecular complexity index is 254. The smallest absolute Gasteiger partial charge is 0.216 e. The Morgan fingerprint density at radius 3 is 1.50 bits per heavy atom. The van der Waals surface area contributed by atoms with Crippen LogP contribution in [0.3, 0.4) is 0 Å². The molecule has 0 saturated carbocycles. The fraction of sp³-hybridized carbons (Fsp3) is 1.00. The Hall–Kier alpha value is 0.830. The summed E-state index contributed by atoms with van der Waals surface area (Å²) in [6.07, 6.45) is 18.4. The van der Waals surface area contributed by atoms with Gasteiger partial charge in [0.15, 0.2) is 0 Å². The molecule has 0 heterocycles. The first-order valence-electron chi connectivity index (χ1n) is 10.2. The molecule has 0 amide bonds. The van der Waals surface area contributed by atoms with E-state index in [-0.39, 0.29) is 6.10 Å². The highest BCUT2D eigenvalue weighted by atomic mass is 35.6. The number of halogens is 3. The van der Waals surface area contributed by atoms with Crippen LogP contribution in [0.15, 0.2) is 0 Å². The Labute approximate surface area is 166 Å². The van der Waals surface area contributed by atoms with E-state index in [0.29, 0.717) is 6.61 Å². The van der Waals surface area contributed by atoms with Gasteiger partial charge in [-0.3, -0.25) is 0 Å². The van der Waals surface area contributed by atoms with Crippen molar-refractivity contribution in [2.24, 2.45) is 0 Å². The molecule has 4 heteroatoms. The third-order valence-corrected chi connectivity index (χ3v) is 5.23. The number of ether oxygens (including phenoxy) is 1. The zero-order chi connectivity index (χ0) is 18.1. The second-order valence-electron chi connectivity index (χ2n) is 6.93. The zero-order valence-corrected chi connectivity index (χ0v) is 18.2. The fourth-order valence-corrected chi connectivity index (χ4v) is 3.43. The molecule has 0 N–H and O–H groups in total. The van der Waals surface area contributed by atoms with Crippen LogP contribution in [0.5, 0.6) is 0 Å². The summed E-state index contributed by atoms with van der Waals surface area (Å²) in [5.41, 5.74) is 0. The third-order valence-electron chi connectivity index (χ3n) is 4.50. The van der Waals surface area contributed by atoms with Gasteiger partial charge in [0.05, 0.1) is 0 Å². The number of alkyl halides is 3. The van der Waals surface area contributed by atoms with Crippen molar-refractivity contribution in [3.8, 4) is 0 Å². The molecule has 0 bridgehead atoms. The van der Waals surface area contributed by atoms with Crippen LogP contribution in [-0.2, 0) is 4.74 Å². The lowest BCUT2D eigenvalue weighted by Crippen LogP contribution is -2.29. The molecule has 0 aromatic heterocycles. The minimum absolute atomic E-state index is 0.266. The highest BCUT2D eigenvalue weighted by Gasteiger charge is 2.32. The van der Waals surface area contributed by atoms with Crippen LogP contribution in [0.1, 0.15) is 110 Å². The van der Waals surface area contributed by atoms with E-state index in [1.165, 1.54) is 77.0 Å². The summed E-state index contributed by atoms with van der Waals surface area (Å²) in [5, 5.41) is 0. The first kappa shape index (κ1) is 24.8. The third kappa shape index (κ3) is 16.3. The SMILES string of the molecule is CCCCCCCCCCOC(CCCCCCCC)C(Cl)(Cl)Cl. The van der Waals surface area contributed by atoms with E-state index in [1.807, 2.05) is 0 Å². The molecule has 24 heavy (non-hydrogen) atoms. The van der Waals surface area contributed by atoms with Crippen molar-refractivity contribution in [1.82, 2.24) is 0 Å². The van der Waals surface area contributed by atoms with E-state index >= 15 is 0 Å². The number of hydrogen-bond acceptors (Lipinski definition) is 1. The van der Waals surface area contributed by atoms with Gasteiger partial charge in [-0.2, -0.15) is 0 Å². The number of rotatable bonds is 17. The second kappa shape index (κ2) is 17.3. The molecule has 0 rings (SSSR count). The van der Waals surface area contributed by atoms with Gasteiger partial charge in [0.1, 0.15) is 6.10 Å². The van der Waals surface area contributed by atoms with Gasteiger partial charge < -0.3 is 4.74 Å². The van der Waals surface area contributed by atoms with Gasteiger partial charge in [-0.05, 0) is 12.8 Å².